The van der Waals surface area contributed by atoms with Crippen molar-refractivity contribution in [1.82, 2.24) is 4.98 Å². The predicted molar refractivity (Wildman–Crippen MR) is 190 cm³/mol. The summed E-state index contributed by atoms with van der Waals surface area (Å²) in [5.74, 6) is 0.547. The Hall–Kier alpha value is -3.31. The van der Waals surface area contributed by atoms with E-state index in [1.54, 1.807) is 11.3 Å². The average Bonchev–Trinajstić information content (AvgIpc) is 3.50. The summed E-state index contributed by atoms with van der Waals surface area (Å²) in [6, 6.07) is 23.0. The van der Waals surface area contributed by atoms with Crippen molar-refractivity contribution in [3.05, 3.63) is 103 Å². The van der Waals surface area contributed by atoms with Crippen molar-refractivity contribution in [2.75, 3.05) is 0 Å². The minimum atomic E-state index is 0. The van der Waals surface area contributed by atoms with Gasteiger partial charge in [-0.1, -0.05) is 77.6 Å². The first-order chi connectivity index (χ1) is 21.5. The molecule has 0 aliphatic rings. The van der Waals surface area contributed by atoms with Gasteiger partial charge >= 0.3 is 0 Å². The van der Waals surface area contributed by atoms with E-state index in [-0.39, 0.29) is 48.9 Å². The normalized spacial score (nSPS) is 11.9. The number of benzene rings is 2. The molecule has 5 rings (SSSR count). The maximum atomic E-state index is 11.7. The van der Waals surface area contributed by atoms with E-state index in [1.165, 1.54) is 22.4 Å². The number of carbonyl (C=O) groups is 1. The van der Waals surface area contributed by atoms with Crippen LogP contribution in [0, 0.1) is 24.9 Å². The van der Waals surface area contributed by atoms with Gasteiger partial charge in [0.05, 0.1) is 12.0 Å². The van der Waals surface area contributed by atoms with Crippen LogP contribution in [0.1, 0.15) is 79.7 Å². The van der Waals surface area contributed by atoms with Crippen molar-refractivity contribution < 1.29 is 34.6 Å². The first-order valence-electron chi connectivity index (χ1n) is 16.1. The second-order valence-corrected chi connectivity index (χ2v) is 13.6. The number of fused-ring (bicyclic) bond motifs is 2. The Morgan fingerprint density at radius 3 is 2.30 bits per heavy atom. The van der Waals surface area contributed by atoms with Crippen molar-refractivity contribution in [3.8, 4) is 22.4 Å². The molecule has 6 heteroatoms. The Kier molecular flexibility index (Phi) is 13.3. The topological polar surface area (TPSA) is 54.1 Å². The van der Waals surface area contributed by atoms with Gasteiger partial charge in [-0.2, -0.15) is 0 Å². The molecule has 0 unspecified atom stereocenters. The molecule has 1 N–H and O–H groups in total. The van der Waals surface area contributed by atoms with E-state index in [0.717, 1.165) is 58.3 Å². The first-order valence-corrected chi connectivity index (χ1v) is 17.0. The molecule has 0 fully saturated rings. The predicted octanol–water partition coefficient (Wildman–Crippen LogP) is 10.7. The molecule has 3 aromatic heterocycles. The molecule has 0 aliphatic heterocycles. The third-order valence-corrected chi connectivity index (χ3v) is 9.45. The van der Waals surface area contributed by atoms with Gasteiger partial charge in [0.15, 0.2) is 5.78 Å². The first kappa shape index (κ1) is 37.2. The number of aromatic nitrogens is 2. The fourth-order valence-corrected chi connectivity index (χ4v) is 6.45. The number of carbonyl (C=O) groups excluding carboxylic acids is 1. The third kappa shape index (κ3) is 8.73. The van der Waals surface area contributed by atoms with Crippen LogP contribution in [0.25, 0.3) is 43.4 Å². The number of pyridine rings is 2. The maximum Gasteiger partial charge on any atom is 0.162 e. The molecule has 0 saturated heterocycles. The van der Waals surface area contributed by atoms with E-state index >= 15 is 0 Å². The molecule has 0 amide bonds. The second kappa shape index (κ2) is 16.5. The molecular weight excluding hydrogens is 765 g/mol. The van der Waals surface area contributed by atoms with Gasteiger partial charge in [0.25, 0.3) is 0 Å². The quantitative estimate of drug-likeness (QED) is 0.0698. The molecule has 4 nitrogen and oxygen atoms in total. The molecule has 0 spiro atoms. The van der Waals surface area contributed by atoms with Crippen LogP contribution in [-0.2, 0) is 30.3 Å². The minimum absolute atomic E-state index is 0. The van der Waals surface area contributed by atoms with Crippen molar-refractivity contribution in [2.24, 2.45) is 11.8 Å². The second-order valence-electron chi connectivity index (χ2n) is 12.7. The fraction of sp³-hybridized carbons (Fsp3) is 0.350. The van der Waals surface area contributed by atoms with Gasteiger partial charge in [-0.15, -0.1) is 40.5 Å². The number of hydrogen-bond acceptors (Lipinski definition) is 4. The summed E-state index contributed by atoms with van der Waals surface area (Å²) < 4.78 is 1.92. The largest absolute Gasteiger partial charge is 0.512 e. The summed E-state index contributed by atoms with van der Waals surface area (Å²) in [6.07, 6.45) is 8.88. The molecule has 0 bridgehead atoms. The standard InChI is InChI=1S/C27H23N2S.C13H24O2.Ir/c1-27(2,3)24-15-21(13-19-7-5-6-8-23(19)24)25-16-18(9-11-29(25)4)22-14-20-10-12-30-26(20)28-17-22;1-5-10(6-2)12(14)9-13(15)11(7-3)8-4;/h5-12,14-17H,4H2,1-3H3;9-11,14H,5-8H2,1-4H3;/q-1;;/b;12-9-;. The van der Waals surface area contributed by atoms with Crippen LogP contribution in [0.5, 0.6) is 0 Å². The Morgan fingerprint density at radius 1 is 0.978 bits per heavy atom. The zero-order chi connectivity index (χ0) is 32.7. The molecular formula is C40H47IrN2O2S-. The van der Waals surface area contributed by atoms with Crippen LogP contribution < -0.4 is 4.57 Å². The van der Waals surface area contributed by atoms with Crippen molar-refractivity contribution in [3.63, 3.8) is 0 Å². The Labute approximate surface area is 293 Å². The number of nitrogens with zero attached hydrogens (tertiary/aromatic N) is 2. The van der Waals surface area contributed by atoms with Gasteiger partial charge in [0.2, 0.25) is 0 Å². The van der Waals surface area contributed by atoms with E-state index in [2.05, 4.69) is 98.8 Å². The summed E-state index contributed by atoms with van der Waals surface area (Å²) in [4.78, 5) is 17.4. The molecule has 46 heavy (non-hydrogen) atoms. The molecule has 245 valence electrons. The molecule has 0 saturated carbocycles. The Bertz CT molecular complexity index is 1790. The third-order valence-electron chi connectivity index (χ3n) is 8.62. The molecule has 0 aliphatic carbocycles. The fourth-order valence-electron chi connectivity index (χ4n) is 5.73. The molecule has 2 aromatic carbocycles. The van der Waals surface area contributed by atoms with E-state index in [9.17, 15) is 9.90 Å². The van der Waals surface area contributed by atoms with Crippen LogP contribution in [-0.4, -0.2) is 15.9 Å². The summed E-state index contributed by atoms with van der Waals surface area (Å²) in [7, 11) is 4.23. The average molecular weight is 812 g/mol. The van der Waals surface area contributed by atoms with Gasteiger partial charge in [-0.3, -0.25) is 4.79 Å². The number of ketones is 1. The number of allylic oxidation sites excluding steroid dienone is 2. The number of aliphatic hydroxyl groups excluding tert-OH is 1. The van der Waals surface area contributed by atoms with Crippen LogP contribution >= 0.6 is 11.3 Å². The van der Waals surface area contributed by atoms with Gasteiger partial charge in [0, 0.05) is 56.6 Å². The number of rotatable bonds is 9. The molecule has 5 aromatic rings. The summed E-state index contributed by atoms with van der Waals surface area (Å²) in [5.41, 5.74) is 5.68. The van der Waals surface area contributed by atoms with E-state index in [1.807, 2.05) is 44.7 Å². The molecule has 0 atom stereocenters. The molecule has 1 radical (unpaired) electrons. The maximum absolute atomic E-state index is 11.7. The number of hydrogen-bond donors (Lipinski definition) is 1. The minimum Gasteiger partial charge on any atom is -0.512 e. The van der Waals surface area contributed by atoms with E-state index < -0.39 is 0 Å². The monoisotopic (exact) mass is 812 g/mol. The van der Waals surface area contributed by atoms with Gasteiger partial charge < -0.3 is 9.67 Å². The van der Waals surface area contributed by atoms with Gasteiger partial charge in [-0.05, 0) is 71.9 Å². The van der Waals surface area contributed by atoms with E-state index in [4.69, 9.17) is 0 Å². The van der Waals surface area contributed by atoms with E-state index in [0.29, 0.717) is 0 Å². The van der Waals surface area contributed by atoms with Gasteiger partial charge in [0.1, 0.15) is 10.5 Å². The summed E-state index contributed by atoms with van der Waals surface area (Å²) in [6.45, 7) is 14.8. The smallest absolute Gasteiger partial charge is 0.162 e. The van der Waals surface area contributed by atoms with Crippen molar-refractivity contribution >= 4 is 38.1 Å². The SMILES string of the molecule is CCC(CC)C(=O)/C=C(\O)C(CC)CC.[CH2-][n+]1ccc(-c2cnc3sccc3c2)cc1-c1[c-]c2ccccc2c(C(C)(C)C)c1.[Ir]. The van der Waals surface area contributed by atoms with Crippen molar-refractivity contribution in [2.45, 2.75) is 79.6 Å². The molecule has 3 heterocycles. The van der Waals surface area contributed by atoms with Crippen LogP contribution in [0.15, 0.2) is 84.2 Å². The van der Waals surface area contributed by atoms with Crippen LogP contribution in [0.3, 0.4) is 0 Å². The Morgan fingerprint density at radius 2 is 1.65 bits per heavy atom. The summed E-state index contributed by atoms with van der Waals surface area (Å²) >= 11 is 1.67. The zero-order valence-corrected chi connectivity index (χ0v) is 31.4. The van der Waals surface area contributed by atoms with Crippen molar-refractivity contribution in [1.29, 1.82) is 0 Å². The van der Waals surface area contributed by atoms with Crippen LogP contribution in [0.2, 0.25) is 0 Å². The number of aliphatic hydroxyl groups is 1. The number of thiophene rings is 1. The Balaban J connectivity index is 0.000000309. The summed E-state index contributed by atoms with van der Waals surface area (Å²) in [5, 5.41) is 15.4. The van der Waals surface area contributed by atoms with Gasteiger partial charge in [-0.25, -0.2) is 4.98 Å². The zero-order valence-electron chi connectivity index (χ0n) is 28.2. The van der Waals surface area contributed by atoms with Crippen LogP contribution in [0.4, 0.5) is 0 Å².